The summed E-state index contributed by atoms with van der Waals surface area (Å²) in [5.74, 6) is -1.34. The quantitative estimate of drug-likeness (QED) is 0.642. The molecule has 0 aromatic heterocycles. The molecule has 0 aromatic carbocycles. The van der Waals surface area contributed by atoms with Crippen molar-refractivity contribution in [2.24, 2.45) is 5.41 Å². The number of carboxylic acids is 1. The van der Waals surface area contributed by atoms with Gasteiger partial charge in [-0.3, -0.25) is 4.79 Å². The summed E-state index contributed by atoms with van der Waals surface area (Å²) in [5.41, 5.74) is -0.850. The van der Waals surface area contributed by atoms with Crippen LogP contribution in [0.5, 0.6) is 0 Å². The van der Waals surface area contributed by atoms with Gasteiger partial charge in [-0.15, -0.1) is 0 Å². The third-order valence-corrected chi connectivity index (χ3v) is 2.77. The zero-order valence-corrected chi connectivity index (χ0v) is 10.8. The Bertz CT molecular complexity index is 397. The molecule has 0 saturated heterocycles. The number of rotatable bonds is 4. The van der Waals surface area contributed by atoms with E-state index >= 15 is 0 Å². The van der Waals surface area contributed by atoms with Gasteiger partial charge in [-0.1, -0.05) is 20.8 Å². The van der Waals surface area contributed by atoms with Gasteiger partial charge >= 0.3 is 22.3 Å². The molecule has 17 heavy (non-hydrogen) atoms. The largest absolute Gasteiger partial charge is 0.480 e. The van der Waals surface area contributed by atoms with Crippen LogP contribution >= 0.6 is 0 Å². The number of aliphatic carboxylic acids is 1. The molecule has 0 rings (SSSR count). The molecule has 0 aliphatic heterocycles. The van der Waals surface area contributed by atoms with Crippen LogP contribution in [-0.2, 0) is 19.7 Å². The topological polar surface area (TPSA) is 122 Å². The highest BCUT2D eigenvalue weighted by molar-refractivity contribution is 7.88. The summed E-state index contributed by atoms with van der Waals surface area (Å²) in [7, 11) is -3.29. The van der Waals surface area contributed by atoms with Gasteiger partial charge in [0.05, 0.1) is 7.11 Å². The summed E-state index contributed by atoms with van der Waals surface area (Å²) in [6.45, 7) is 4.64. The Labute approximate surface area is 99.5 Å². The minimum absolute atomic E-state index is 0.850. The number of methoxy groups -OCH3 is 1. The minimum atomic E-state index is -4.28. The van der Waals surface area contributed by atoms with Crippen molar-refractivity contribution in [2.75, 3.05) is 7.11 Å². The number of amides is 1. The molecule has 0 heterocycles. The Kier molecular flexibility index (Phi) is 4.90. The SMILES string of the molecule is COC(=O)NS(=O)(=O)N[C@H](C(=O)O)C(C)(C)C. The number of carbonyl (C=O) groups excluding carboxylic acids is 1. The van der Waals surface area contributed by atoms with E-state index in [2.05, 4.69) is 4.74 Å². The lowest BCUT2D eigenvalue weighted by atomic mass is 9.88. The van der Waals surface area contributed by atoms with Gasteiger partial charge in [0.25, 0.3) is 0 Å². The van der Waals surface area contributed by atoms with E-state index < -0.39 is 33.7 Å². The van der Waals surface area contributed by atoms with Gasteiger partial charge in [0, 0.05) is 0 Å². The number of hydrogen-bond donors (Lipinski definition) is 3. The van der Waals surface area contributed by atoms with E-state index in [0.717, 1.165) is 7.11 Å². The molecule has 0 unspecified atom stereocenters. The van der Waals surface area contributed by atoms with Gasteiger partial charge in [0.2, 0.25) is 0 Å². The van der Waals surface area contributed by atoms with Crippen LogP contribution < -0.4 is 9.44 Å². The summed E-state index contributed by atoms with van der Waals surface area (Å²) in [6, 6.07) is -1.37. The number of ether oxygens (including phenoxy) is 1. The third-order valence-electron chi connectivity index (χ3n) is 1.79. The van der Waals surface area contributed by atoms with Crippen LogP contribution in [0.25, 0.3) is 0 Å². The van der Waals surface area contributed by atoms with Crippen molar-refractivity contribution >= 4 is 22.3 Å². The lowest BCUT2D eigenvalue weighted by Crippen LogP contribution is -2.53. The maximum atomic E-state index is 11.4. The minimum Gasteiger partial charge on any atom is -0.480 e. The first kappa shape index (κ1) is 15.7. The third kappa shape index (κ3) is 5.50. The van der Waals surface area contributed by atoms with Crippen molar-refractivity contribution in [1.29, 1.82) is 0 Å². The molecule has 0 aromatic rings. The fourth-order valence-electron chi connectivity index (χ4n) is 0.934. The fourth-order valence-corrected chi connectivity index (χ4v) is 2.06. The van der Waals surface area contributed by atoms with Crippen LogP contribution in [0.15, 0.2) is 0 Å². The lowest BCUT2D eigenvalue weighted by Gasteiger charge is -2.27. The number of carboxylic acid groups (broad SMARTS) is 1. The smallest absolute Gasteiger partial charge is 0.421 e. The maximum Gasteiger partial charge on any atom is 0.421 e. The zero-order chi connectivity index (χ0) is 13.9. The predicted molar refractivity (Wildman–Crippen MR) is 58.5 cm³/mol. The second kappa shape index (κ2) is 5.32. The van der Waals surface area contributed by atoms with E-state index in [1.54, 1.807) is 20.8 Å². The Balaban J connectivity index is 4.90. The molecular weight excluding hydrogens is 252 g/mol. The highest BCUT2D eigenvalue weighted by atomic mass is 32.2. The molecular formula is C8H16N2O6S. The van der Waals surface area contributed by atoms with E-state index in [4.69, 9.17) is 5.11 Å². The van der Waals surface area contributed by atoms with Crippen molar-refractivity contribution in [3.63, 3.8) is 0 Å². The maximum absolute atomic E-state index is 11.4. The van der Waals surface area contributed by atoms with Crippen molar-refractivity contribution in [2.45, 2.75) is 26.8 Å². The Hall–Kier alpha value is -1.35. The fraction of sp³-hybridized carbons (Fsp3) is 0.750. The molecule has 3 N–H and O–H groups in total. The first-order valence-electron chi connectivity index (χ1n) is 4.60. The molecule has 1 amide bonds. The Morgan fingerprint density at radius 2 is 1.76 bits per heavy atom. The van der Waals surface area contributed by atoms with E-state index in [-0.39, 0.29) is 0 Å². The summed E-state index contributed by atoms with van der Waals surface area (Å²) in [4.78, 5) is 21.6. The lowest BCUT2D eigenvalue weighted by molar-refractivity contribution is -0.141. The van der Waals surface area contributed by atoms with Crippen LogP contribution in [0.4, 0.5) is 4.79 Å². The van der Waals surface area contributed by atoms with Gasteiger partial charge in [-0.25, -0.2) is 9.52 Å². The average Bonchev–Trinajstić information content (AvgIpc) is 2.11. The molecule has 8 nitrogen and oxygen atoms in total. The van der Waals surface area contributed by atoms with Crippen LogP contribution in [0, 0.1) is 5.41 Å². The molecule has 0 aliphatic carbocycles. The molecule has 0 fully saturated rings. The van der Waals surface area contributed by atoms with Crippen LogP contribution in [0.2, 0.25) is 0 Å². The van der Waals surface area contributed by atoms with Crippen molar-refractivity contribution in [1.82, 2.24) is 9.44 Å². The molecule has 0 bridgehead atoms. The van der Waals surface area contributed by atoms with E-state index in [1.165, 1.54) is 4.72 Å². The zero-order valence-electron chi connectivity index (χ0n) is 9.97. The monoisotopic (exact) mass is 268 g/mol. The highest BCUT2D eigenvalue weighted by Crippen LogP contribution is 2.19. The summed E-state index contributed by atoms with van der Waals surface area (Å²) >= 11 is 0. The van der Waals surface area contributed by atoms with Gasteiger partial charge < -0.3 is 9.84 Å². The van der Waals surface area contributed by atoms with Crippen molar-refractivity contribution in [3.8, 4) is 0 Å². The Morgan fingerprint density at radius 3 is 2.06 bits per heavy atom. The number of hydrogen-bond acceptors (Lipinski definition) is 5. The molecule has 9 heteroatoms. The molecule has 1 atom stereocenters. The standard InChI is InChI=1S/C8H16N2O6S/c1-8(2,3)5(6(11)12)9-17(14,15)10-7(13)16-4/h5,9H,1-4H3,(H,10,13)(H,11,12)/t5-/m1/s1. The molecule has 0 saturated carbocycles. The molecule has 0 spiro atoms. The van der Waals surface area contributed by atoms with Crippen LogP contribution in [0.3, 0.4) is 0 Å². The van der Waals surface area contributed by atoms with Gasteiger partial charge in [0.1, 0.15) is 6.04 Å². The van der Waals surface area contributed by atoms with Gasteiger partial charge in [0.15, 0.2) is 0 Å². The number of carbonyl (C=O) groups is 2. The van der Waals surface area contributed by atoms with Crippen molar-refractivity contribution < 1.29 is 27.9 Å². The van der Waals surface area contributed by atoms with Gasteiger partial charge in [-0.05, 0) is 5.41 Å². The molecule has 100 valence electrons. The second-order valence-corrected chi connectivity index (χ2v) is 5.80. The van der Waals surface area contributed by atoms with Crippen molar-refractivity contribution in [3.05, 3.63) is 0 Å². The first-order chi connectivity index (χ1) is 7.49. The highest BCUT2D eigenvalue weighted by Gasteiger charge is 2.35. The molecule has 0 radical (unpaired) electrons. The van der Waals surface area contributed by atoms with E-state index in [1.807, 2.05) is 4.72 Å². The van der Waals surface area contributed by atoms with Crippen LogP contribution in [0.1, 0.15) is 20.8 Å². The average molecular weight is 268 g/mol. The molecule has 0 aliphatic rings. The second-order valence-electron chi connectivity index (χ2n) is 4.35. The summed E-state index contributed by atoms with van der Waals surface area (Å²) in [5, 5.41) is 8.89. The predicted octanol–water partition coefficient (Wildman–Crippen LogP) is -0.324. The first-order valence-corrected chi connectivity index (χ1v) is 6.08. The summed E-state index contributed by atoms with van der Waals surface area (Å²) in [6.07, 6.45) is -1.20. The van der Waals surface area contributed by atoms with Crippen LogP contribution in [-0.4, -0.2) is 38.7 Å². The Morgan fingerprint density at radius 1 is 1.29 bits per heavy atom. The number of nitrogens with one attached hydrogen (secondary N) is 2. The van der Waals surface area contributed by atoms with Gasteiger partial charge in [-0.2, -0.15) is 13.1 Å². The van der Waals surface area contributed by atoms with E-state index in [9.17, 15) is 18.0 Å². The summed E-state index contributed by atoms with van der Waals surface area (Å²) < 4.78 is 30.2. The normalized spacial score (nSPS) is 13.9. The van der Waals surface area contributed by atoms with E-state index in [0.29, 0.717) is 0 Å².